The van der Waals surface area contributed by atoms with E-state index in [9.17, 15) is 10.1 Å². The predicted octanol–water partition coefficient (Wildman–Crippen LogP) is 6.55. The second kappa shape index (κ2) is 12.6. The van der Waals surface area contributed by atoms with Gasteiger partial charge in [0.25, 0.3) is 5.91 Å². The molecule has 0 spiro atoms. The van der Waals surface area contributed by atoms with E-state index >= 15 is 0 Å². The molecule has 0 heterocycles. The SMILES string of the molecule is C=CCc1cc(/C=C(/C#N)C(=O)N[C@H](C)c2ccccc2)cc(OC)c1OCc1ccc(Br)cc1. The number of ether oxygens (including phenoxy) is 2. The largest absolute Gasteiger partial charge is 0.493 e. The fourth-order valence-electron chi connectivity index (χ4n) is 3.54. The van der Waals surface area contributed by atoms with E-state index < -0.39 is 5.91 Å². The number of amides is 1. The number of methoxy groups -OCH3 is 1. The molecule has 0 saturated carbocycles. The average Bonchev–Trinajstić information content (AvgIpc) is 2.87. The van der Waals surface area contributed by atoms with Crippen molar-refractivity contribution in [3.63, 3.8) is 0 Å². The number of benzene rings is 3. The Labute approximate surface area is 214 Å². The Balaban J connectivity index is 1.86. The Morgan fingerprint density at radius 1 is 1.17 bits per heavy atom. The van der Waals surface area contributed by atoms with Crippen LogP contribution in [0.25, 0.3) is 6.08 Å². The molecule has 0 fully saturated rings. The summed E-state index contributed by atoms with van der Waals surface area (Å²) in [5.41, 5.74) is 3.48. The van der Waals surface area contributed by atoms with E-state index in [0.29, 0.717) is 30.1 Å². The molecule has 0 aliphatic carbocycles. The highest BCUT2D eigenvalue weighted by molar-refractivity contribution is 9.10. The first kappa shape index (κ1) is 25.8. The molecular formula is C29H27BrN2O3. The van der Waals surface area contributed by atoms with E-state index in [1.807, 2.05) is 73.7 Å². The monoisotopic (exact) mass is 530 g/mol. The van der Waals surface area contributed by atoms with Crippen molar-refractivity contribution >= 4 is 27.9 Å². The van der Waals surface area contributed by atoms with Crippen molar-refractivity contribution < 1.29 is 14.3 Å². The van der Waals surface area contributed by atoms with E-state index in [1.54, 1.807) is 25.3 Å². The minimum absolute atomic E-state index is 0.00270. The summed E-state index contributed by atoms with van der Waals surface area (Å²) in [6, 6.07) is 22.9. The first-order valence-corrected chi connectivity index (χ1v) is 11.9. The van der Waals surface area contributed by atoms with Crippen LogP contribution in [-0.4, -0.2) is 13.0 Å². The summed E-state index contributed by atoms with van der Waals surface area (Å²) in [6.07, 6.45) is 3.86. The van der Waals surface area contributed by atoms with Gasteiger partial charge >= 0.3 is 0 Å². The van der Waals surface area contributed by atoms with Gasteiger partial charge in [0.2, 0.25) is 0 Å². The minimum atomic E-state index is -0.441. The molecule has 1 amide bonds. The quantitative estimate of drug-likeness (QED) is 0.183. The fraction of sp³-hybridized carbons (Fsp3) is 0.172. The average molecular weight is 531 g/mol. The number of allylic oxidation sites excluding steroid dienone is 1. The molecule has 0 aromatic heterocycles. The number of nitrogens with one attached hydrogen (secondary N) is 1. The number of nitriles is 1. The Bertz CT molecular complexity index is 1250. The van der Waals surface area contributed by atoms with Crippen molar-refractivity contribution in [3.05, 3.63) is 112 Å². The minimum Gasteiger partial charge on any atom is -0.493 e. The number of rotatable bonds is 10. The third-order valence-electron chi connectivity index (χ3n) is 5.36. The molecule has 0 aliphatic heterocycles. The van der Waals surface area contributed by atoms with Crippen LogP contribution in [0.4, 0.5) is 0 Å². The van der Waals surface area contributed by atoms with Gasteiger partial charge in [-0.05, 0) is 60.4 Å². The van der Waals surface area contributed by atoms with Crippen LogP contribution in [0.5, 0.6) is 11.5 Å². The lowest BCUT2D eigenvalue weighted by molar-refractivity contribution is -0.117. The van der Waals surface area contributed by atoms with E-state index in [2.05, 4.69) is 27.8 Å². The van der Waals surface area contributed by atoms with Gasteiger partial charge in [0.1, 0.15) is 18.2 Å². The second-order valence-corrected chi connectivity index (χ2v) is 8.81. The van der Waals surface area contributed by atoms with Crippen LogP contribution in [0.1, 0.15) is 35.2 Å². The summed E-state index contributed by atoms with van der Waals surface area (Å²) in [4.78, 5) is 12.8. The number of nitrogens with zero attached hydrogens (tertiary/aromatic N) is 1. The first-order valence-electron chi connectivity index (χ1n) is 11.1. The van der Waals surface area contributed by atoms with E-state index in [4.69, 9.17) is 9.47 Å². The summed E-state index contributed by atoms with van der Waals surface area (Å²) < 4.78 is 12.7. The van der Waals surface area contributed by atoms with Gasteiger partial charge in [0.15, 0.2) is 11.5 Å². The van der Waals surface area contributed by atoms with Gasteiger partial charge in [-0.1, -0.05) is 64.5 Å². The van der Waals surface area contributed by atoms with Crippen LogP contribution < -0.4 is 14.8 Å². The summed E-state index contributed by atoms with van der Waals surface area (Å²) in [7, 11) is 1.56. The Morgan fingerprint density at radius 2 is 1.89 bits per heavy atom. The molecular weight excluding hydrogens is 504 g/mol. The Hall–Kier alpha value is -3.82. The first-order chi connectivity index (χ1) is 16.9. The van der Waals surface area contributed by atoms with Crippen LogP contribution in [0.3, 0.4) is 0 Å². The third-order valence-corrected chi connectivity index (χ3v) is 5.89. The van der Waals surface area contributed by atoms with Gasteiger partial charge in [0, 0.05) is 10.0 Å². The third kappa shape index (κ3) is 7.08. The topological polar surface area (TPSA) is 71.4 Å². The maximum atomic E-state index is 12.8. The van der Waals surface area contributed by atoms with Gasteiger partial charge in [-0.3, -0.25) is 4.79 Å². The van der Waals surface area contributed by atoms with Crippen molar-refractivity contribution in [2.24, 2.45) is 0 Å². The zero-order valence-electron chi connectivity index (χ0n) is 19.8. The predicted molar refractivity (Wildman–Crippen MR) is 142 cm³/mol. The van der Waals surface area contributed by atoms with Gasteiger partial charge in [0.05, 0.1) is 13.2 Å². The van der Waals surface area contributed by atoms with E-state index in [1.165, 1.54) is 0 Å². The van der Waals surface area contributed by atoms with Crippen LogP contribution in [0.15, 0.2) is 89.4 Å². The molecule has 0 saturated heterocycles. The second-order valence-electron chi connectivity index (χ2n) is 7.90. The molecule has 3 rings (SSSR count). The number of carbonyl (C=O) groups excluding carboxylic acids is 1. The number of hydrogen-bond acceptors (Lipinski definition) is 4. The maximum Gasteiger partial charge on any atom is 0.262 e. The zero-order valence-corrected chi connectivity index (χ0v) is 21.3. The molecule has 35 heavy (non-hydrogen) atoms. The molecule has 3 aromatic rings. The number of hydrogen-bond donors (Lipinski definition) is 1. The molecule has 0 unspecified atom stereocenters. The van der Waals surface area contributed by atoms with E-state index in [-0.39, 0.29) is 11.6 Å². The van der Waals surface area contributed by atoms with Crippen molar-refractivity contribution in [1.82, 2.24) is 5.32 Å². The van der Waals surface area contributed by atoms with E-state index in [0.717, 1.165) is 21.2 Å². The van der Waals surface area contributed by atoms with Crippen LogP contribution >= 0.6 is 15.9 Å². The van der Waals surface area contributed by atoms with Crippen molar-refractivity contribution in [2.45, 2.75) is 26.0 Å². The molecule has 6 heteroatoms. The maximum absolute atomic E-state index is 12.8. The summed E-state index contributed by atoms with van der Waals surface area (Å²) in [5, 5.41) is 12.6. The molecule has 0 bridgehead atoms. The number of halogens is 1. The lowest BCUT2D eigenvalue weighted by Crippen LogP contribution is -2.27. The Kier molecular flexibility index (Phi) is 9.28. The molecule has 178 valence electrons. The van der Waals surface area contributed by atoms with Crippen molar-refractivity contribution in [2.75, 3.05) is 7.11 Å². The fourth-order valence-corrected chi connectivity index (χ4v) is 3.80. The molecule has 1 N–H and O–H groups in total. The van der Waals surface area contributed by atoms with Gasteiger partial charge in [-0.25, -0.2) is 0 Å². The summed E-state index contributed by atoms with van der Waals surface area (Å²) >= 11 is 3.44. The zero-order chi connectivity index (χ0) is 25.2. The lowest BCUT2D eigenvalue weighted by atomic mass is 10.0. The van der Waals surface area contributed by atoms with Crippen molar-refractivity contribution in [3.8, 4) is 17.6 Å². The molecule has 1 atom stereocenters. The molecule has 3 aromatic carbocycles. The lowest BCUT2D eigenvalue weighted by Gasteiger charge is -2.16. The standard InChI is InChI=1S/C29H27BrN2O3/c1-4-8-24-15-22(16-25(18-31)29(33)32-20(2)23-9-6-5-7-10-23)17-27(34-3)28(24)35-19-21-11-13-26(30)14-12-21/h4-7,9-17,20H,1,8,19H2,2-3H3,(H,32,33)/b25-16-/t20-/m1/s1. The smallest absolute Gasteiger partial charge is 0.262 e. The highest BCUT2D eigenvalue weighted by Gasteiger charge is 2.16. The summed E-state index contributed by atoms with van der Waals surface area (Å²) in [6.45, 7) is 6.09. The normalized spacial score (nSPS) is 11.8. The highest BCUT2D eigenvalue weighted by Crippen LogP contribution is 2.35. The van der Waals surface area contributed by atoms with Gasteiger partial charge in [-0.15, -0.1) is 6.58 Å². The van der Waals surface area contributed by atoms with Gasteiger partial charge < -0.3 is 14.8 Å². The molecule has 5 nitrogen and oxygen atoms in total. The summed E-state index contributed by atoms with van der Waals surface area (Å²) in [5.74, 6) is 0.680. The number of carbonyl (C=O) groups is 1. The van der Waals surface area contributed by atoms with Crippen LogP contribution in [0, 0.1) is 11.3 Å². The Morgan fingerprint density at radius 3 is 2.51 bits per heavy atom. The van der Waals surface area contributed by atoms with Crippen molar-refractivity contribution in [1.29, 1.82) is 5.26 Å². The van der Waals surface area contributed by atoms with Gasteiger partial charge in [-0.2, -0.15) is 5.26 Å². The molecule has 0 aliphatic rings. The van der Waals surface area contributed by atoms with Crippen LogP contribution in [-0.2, 0) is 17.8 Å². The highest BCUT2D eigenvalue weighted by atomic mass is 79.9. The van der Waals surface area contributed by atoms with Crippen LogP contribution in [0.2, 0.25) is 0 Å². The molecule has 0 radical (unpaired) electrons.